The van der Waals surface area contributed by atoms with E-state index in [0.717, 1.165) is 17.6 Å². The van der Waals surface area contributed by atoms with E-state index in [9.17, 15) is 4.79 Å². The van der Waals surface area contributed by atoms with Gasteiger partial charge in [-0.25, -0.2) is 0 Å². The van der Waals surface area contributed by atoms with E-state index in [1.807, 2.05) is 31.2 Å². The minimum absolute atomic E-state index is 0.129. The van der Waals surface area contributed by atoms with E-state index >= 15 is 0 Å². The lowest BCUT2D eigenvalue weighted by Gasteiger charge is -2.21. The Labute approximate surface area is 114 Å². The zero-order valence-corrected chi connectivity index (χ0v) is 11.5. The zero-order valence-electron chi connectivity index (χ0n) is 11.5. The van der Waals surface area contributed by atoms with Crippen molar-refractivity contribution in [2.75, 3.05) is 7.11 Å². The molecule has 0 saturated carbocycles. The second-order valence-electron chi connectivity index (χ2n) is 4.49. The maximum absolute atomic E-state index is 10.7. The Hall–Kier alpha value is -1.79. The van der Waals surface area contributed by atoms with Crippen LogP contribution in [0.25, 0.3) is 0 Å². The van der Waals surface area contributed by atoms with Gasteiger partial charge in [-0.3, -0.25) is 0 Å². The van der Waals surface area contributed by atoms with Crippen molar-refractivity contribution in [2.24, 2.45) is 5.92 Å². The molecule has 0 N–H and O–H groups in total. The molecule has 0 fully saturated rings. The predicted octanol–water partition coefficient (Wildman–Crippen LogP) is 2.83. The minimum Gasteiger partial charge on any atom is -0.497 e. The van der Waals surface area contributed by atoms with Crippen molar-refractivity contribution in [1.82, 2.24) is 0 Å². The molecular formula is C16H20O3. The first-order valence-corrected chi connectivity index (χ1v) is 6.33. The number of benzene rings is 1. The summed E-state index contributed by atoms with van der Waals surface area (Å²) in [7, 11) is 1.63. The fourth-order valence-corrected chi connectivity index (χ4v) is 1.80. The second kappa shape index (κ2) is 8.34. The van der Waals surface area contributed by atoms with Crippen LogP contribution in [0, 0.1) is 18.3 Å². The second-order valence-corrected chi connectivity index (χ2v) is 4.49. The number of hydrogen-bond donors (Lipinski definition) is 0. The molecule has 0 saturated heterocycles. The fourth-order valence-electron chi connectivity index (χ4n) is 1.80. The van der Waals surface area contributed by atoms with Gasteiger partial charge < -0.3 is 14.3 Å². The maximum atomic E-state index is 10.7. The number of rotatable bonds is 8. The van der Waals surface area contributed by atoms with E-state index in [1.165, 1.54) is 0 Å². The standard InChI is InChI=1S/C16H20O3/c1-4-5-13(2)16(10-11-17)19-12-14-6-8-15(18-3)9-7-14/h1,6-9,11,13,16H,5,10,12H2,2-3H3/t13-,16+/m0/s1. The van der Waals surface area contributed by atoms with Gasteiger partial charge in [-0.15, -0.1) is 12.3 Å². The highest BCUT2D eigenvalue weighted by molar-refractivity contribution is 5.50. The van der Waals surface area contributed by atoms with Gasteiger partial charge in [0.1, 0.15) is 12.0 Å². The van der Waals surface area contributed by atoms with Crippen molar-refractivity contribution >= 4 is 6.29 Å². The molecule has 0 aliphatic rings. The number of aldehydes is 1. The van der Waals surface area contributed by atoms with Crippen LogP contribution >= 0.6 is 0 Å². The van der Waals surface area contributed by atoms with Gasteiger partial charge in [0.15, 0.2) is 0 Å². The van der Waals surface area contributed by atoms with Crippen molar-refractivity contribution in [1.29, 1.82) is 0 Å². The molecule has 0 heterocycles. The molecule has 0 unspecified atom stereocenters. The number of methoxy groups -OCH3 is 1. The van der Waals surface area contributed by atoms with Crippen LogP contribution < -0.4 is 4.74 Å². The molecular weight excluding hydrogens is 240 g/mol. The highest BCUT2D eigenvalue weighted by Crippen LogP contribution is 2.17. The molecule has 0 spiro atoms. The highest BCUT2D eigenvalue weighted by Gasteiger charge is 2.16. The first-order chi connectivity index (χ1) is 9.21. The van der Waals surface area contributed by atoms with Crippen LogP contribution in [0.4, 0.5) is 0 Å². The van der Waals surface area contributed by atoms with E-state index in [0.29, 0.717) is 19.4 Å². The van der Waals surface area contributed by atoms with Crippen LogP contribution in [0.3, 0.4) is 0 Å². The van der Waals surface area contributed by atoms with Gasteiger partial charge in [0.2, 0.25) is 0 Å². The molecule has 0 aromatic heterocycles. The smallest absolute Gasteiger partial charge is 0.122 e. The average molecular weight is 260 g/mol. The molecule has 1 rings (SSSR count). The summed E-state index contributed by atoms with van der Waals surface area (Å²) in [5, 5.41) is 0. The molecule has 0 amide bonds. The number of hydrogen-bond acceptors (Lipinski definition) is 3. The molecule has 0 aliphatic heterocycles. The largest absolute Gasteiger partial charge is 0.497 e. The number of terminal acetylenes is 1. The van der Waals surface area contributed by atoms with E-state index in [1.54, 1.807) is 7.11 Å². The zero-order chi connectivity index (χ0) is 14.1. The van der Waals surface area contributed by atoms with Crippen LogP contribution in [0.5, 0.6) is 5.75 Å². The first-order valence-electron chi connectivity index (χ1n) is 6.33. The molecule has 102 valence electrons. The van der Waals surface area contributed by atoms with E-state index < -0.39 is 0 Å². The lowest BCUT2D eigenvalue weighted by molar-refractivity contribution is -0.111. The molecule has 3 nitrogen and oxygen atoms in total. The van der Waals surface area contributed by atoms with Gasteiger partial charge in [0, 0.05) is 12.8 Å². The number of carbonyl (C=O) groups excluding carboxylic acids is 1. The van der Waals surface area contributed by atoms with Crippen molar-refractivity contribution in [3.63, 3.8) is 0 Å². The summed E-state index contributed by atoms with van der Waals surface area (Å²) in [4.78, 5) is 10.7. The van der Waals surface area contributed by atoms with E-state index in [2.05, 4.69) is 5.92 Å². The van der Waals surface area contributed by atoms with Gasteiger partial charge in [-0.1, -0.05) is 19.1 Å². The van der Waals surface area contributed by atoms with Gasteiger partial charge in [-0.2, -0.15) is 0 Å². The van der Waals surface area contributed by atoms with Crippen LogP contribution in [-0.4, -0.2) is 19.5 Å². The highest BCUT2D eigenvalue weighted by atomic mass is 16.5. The monoisotopic (exact) mass is 260 g/mol. The van der Waals surface area contributed by atoms with Crippen molar-refractivity contribution < 1.29 is 14.3 Å². The fraction of sp³-hybridized carbons (Fsp3) is 0.438. The molecule has 1 aromatic carbocycles. The Morgan fingerprint density at radius 2 is 2.05 bits per heavy atom. The topological polar surface area (TPSA) is 35.5 Å². The van der Waals surface area contributed by atoms with Gasteiger partial charge in [-0.05, 0) is 23.6 Å². The minimum atomic E-state index is -0.129. The Balaban J connectivity index is 2.54. The van der Waals surface area contributed by atoms with Gasteiger partial charge in [0.05, 0.1) is 19.8 Å². The van der Waals surface area contributed by atoms with Gasteiger partial charge >= 0.3 is 0 Å². The molecule has 1 aromatic rings. The van der Waals surface area contributed by atoms with Crippen molar-refractivity contribution in [3.05, 3.63) is 29.8 Å². The summed E-state index contributed by atoms with van der Waals surface area (Å²) >= 11 is 0. The summed E-state index contributed by atoms with van der Waals surface area (Å²) in [6.07, 6.45) is 7.03. The quantitative estimate of drug-likeness (QED) is 0.532. The third-order valence-electron chi connectivity index (χ3n) is 3.03. The Morgan fingerprint density at radius 3 is 2.58 bits per heavy atom. The normalized spacial score (nSPS) is 13.3. The van der Waals surface area contributed by atoms with Crippen LogP contribution in [-0.2, 0) is 16.1 Å². The van der Waals surface area contributed by atoms with Crippen LogP contribution in [0.1, 0.15) is 25.3 Å². The van der Waals surface area contributed by atoms with Crippen molar-refractivity contribution in [2.45, 2.75) is 32.5 Å². The number of carbonyl (C=O) groups is 1. The summed E-state index contributed by atoms with van der Waals surface area (Å²) in [6.45, 7) is 2.47. The van der Waals surface area contributed by atoms with Gasteiger partial charge in [0.25, 0.3) is 0 Å². The summed E-state index contributed by atoms with van der Waals surface area (Å²) in [5.74, 6) is 3.60. The first kappa shape index (κ1) is 15.3. The third-order valence-corrected chi connectivity index (χ3v) is 3.03. The number of ether oxygens (including phenoxy) is 2. The van der Waals surface area contributed by atoms with E-state index in [4.69, 9.17) is 15.9 Å². The molecule has 19 heavy (non-hydrogen) atoms. The Morgan fingerprint density at radius 1 is 1.37 bits per heavy atom. The molecule has 0 radical (unpaired) electrons. The average Bonchev–Trinajstić information content (AvgIpc) is 2.44. The molecule has 2 atom stereocenters. The third kappa shape index (κ3) is 5.15. The summed E-state index contributed by atoms with van der Waals surface area (Å²) in [6, 6.07) is 7.67. The summed E-state index contributed by atoms with van der Waals surface area (Å²) < 4.78 is 10.9. The van der Waals surface area contributed by atoms with Crippen molar-refractivity contribution in [3.8, 4) is 18.1 Å². The molecule has 3 heteroatoms. The molecule has 0 bridgehead atoms. The molecule has 0 aliphatic carbocycles. The lowest BCUT2D eigenvalue weighted by atomic mass is 9.99. The predicted molar refractivity (Wildman–Crippen MR) is 74.9 cm³/mol. The summed E-state index contributed by atoms with van der Waals surface area (Å²) in [5.41, 5.74) is 1.05. The van der Waals surface area contributed by atoms with Crippen LogP contribution in [0.2, 0.25) is 0 Å². The lowest BCUT2D eigenvalue weighted by Crippen LogP contribution is -2.22. The van der Waals surface area contributed by atoms with Crippen LogP contribution in [0.15, 0.2) is 24.3 Å². The maximum Gasteiger partial charge on any atom is 0.122 e. The SMILES string of the molecule is C#CC[C@H](C)[C@@H](CC=O)OCc1ccc(OC)cc1. The Kier molecular flexibility index (Phi) is 6.70. The Bertz CT molecular complexity index is 417. The van der Waals surface area contributed by atoms with E-state index in [-0.39, 0.29) is 12.0 Å².